The molecule has 1 aliphatic rings. The van der Waals surface area contributed by atoms with Crippen molar-refractivity contribution in [1.82, 2.24) is 0 Å². The van der Waals surface area contributed by atoms with Gasteiger partial charge in [0.05, 0.1) is 0 Å². The molecule has 3 aromatic rings. The van der Waals surface area contributed by atoms with E-state index in [1.807, 2.05) is 12.1 Å². The molecule has 0 fully saturated rings. The summed E-state index contributed by atoms with van der Waals surface area (Å²) >= 11 is 0. The summed E-state index contributed by atoms with van der Waals surface area (Å²) in [6, 6.07) is 25.0. The molecule has 0 saturated heterocycles. The minimum Gasteiger partial charge on any atom is -0.0616 e. The predicted octanol–water partition coefficient (Wildman–Crippen LogP) is 5.74. The number of hydrogen-bond donors (Lipinski definition) is 0. The third kappa shape index (κ3) is 2.93. The van der Waals surface area contributed by atoms with Gasteiger partial charge in [-0.1, -0.05) is 96.8 Å². The first kappa shape index (κ1) is 14.3. The van der Waals surface area contributed by atoms with E-state index in [1.54, 1.807) is 0 Å². The molecule has 0 N–H and O–H groups in total. The van der Waals surface area contributed by atoms with Crippen LogP contribution in [0.15, 0.2) is 72.8 Å². The second-order valence-electron chi connectivity index (χ2n) is 5.72. The van der Waals surface area contributed by atoms with Crippen molar-refractivity contribution in [3.8, 4) is 11.8 Å². The summed E-state index contributed by atoms with van der Waals surface area (Å²) < 4.78 is 0. The Morgan fingerprint density at radius 2 is 0.708 bits per heavy atom. The van der Waals surface area contributed by atoms with E-state index in [0.717, 1.165) is 22.3 Å². The van der Waals surface area contributed by atoms with Gasteiger partial charge < -0.3 is 0 Å². The summed E-state index contributed by atoms with van der Waals surface area (Å²) in [5.74, 6) is 6.65. The second kappa shape index (κ2) is 6.44. The topological polar surface area (TPSA) is 0 Å². The molecule has 0 heterocycles. The Labute approximate surface area is 142 Å². The van der Waals surface area contributed by atoms with E-state index in [1.165, 1.54) is 11.1 Å². The van der Waals surface area contributed by atoms with Crippen LogP contribution in [0, 0.1) is 11.8 Å². The van der Waals surface area contributed by atoms with Gasteiger partial charge in [-0.05, 0) is 34.4 Å². The molecule has 0 saturated carbocycles. The van der Waals surface area contributed by atoms with Crippen LogP contribution < -0.4 is 0 Å². The summed E-state index contributed by atoms with van der Waals surface area (Å²) in [5, 5.41) is 0. The highest BCUT2D eigenvalue weighted by atomic mass is 14.0. The molecular weight excluding hydrogens is 288 g/mol. The molecule has 24 heavy (non-hydrogen) atoms. The van der Waals surface area contributed by atoms with Gasteiger partial charge in [0.15, 0.2) is 0 Å². The van der Waals surface area contributed by atoms with Crippen molar-refractivity contribution >= 4 is 24.3 Å². The van der Waals surface area contributed by atoms with Crippen molar-refractivity contribution in [3.05, 3.63) is 106 Å². The minimum absolute atomic E-state index is 1.05. The van der Waals surface area contributed by atoms with Crippen molar-refractivity contribution < 1.29 is 0 Å². The zero-order valence-electron chi connectivity index (χ0n) is 13.2. The highest BCUT2D eigenvalue weighted by molar-refractivity contribution is 5.82. The van der Waals surface area contributed by atoms with E-state index < -0.39 is 0 Å². The second-order valence-corrected chi connectivity index (χ2v) is 5.72. The minimum atomic E-state index is 1.05. The number of fused-ring (bicyclic) bond motifs is 3. The van der Waals surface area contributed by atoms with Crippen LogP contribution in [-0.2, 0) is 0 Å². The standard InChI is InChI=1S/C24H16/c1-2-8-20-15-16-22-10-5-6-12-24(22)18-17-23-11-4-3-9-21(23)14-13-19(20)7-1/h1-16H/b14-13+,16-15+,19-13?,20-15?,21-14?,22-16?. The Balaban J connectivity index is 1.97. The fraction of sp³-hybridized carbons (Fsp3) is 0. The maximum absolute atomic E-state index is 3.33. The molecule has 4 rings (SSSR count). The maximum Gasteiger partial charge on any atom is 0.0321 e. The Hall–Kier alpha value is -3.30. The molecule has 0 unspecified atom stereocenters. The van der Waals surface area contributed by atoms with Crippen molar-refractivity contribution in [2.75, 3.05) is 0 Å². The first-order valence-electron chi connectivity index (χ1n) is 8.05. The molecule has 0 spiro atoms. The van der Waals surface area contributed by atoms with Crippen molar-refractivity contribution in [3.63, 3.8) is 0 Å². The van der Waals surface area contributed by atoms with Gasteiger partial charge in [-0.25, -0.2) is 0 Å². The van der Waals surface area contributed by atoms with Crippen LogP contribution in [0.1, 0.15) is 33.4 Å². The largest absolute Gasteiger partial charge is 0.0616 e. The van der Waals surface area contributed by atoms with Gasteiger partial charge in [0, 0.05) is 11.1 Å². The van der Waals surface area contributed by atoms with Crippen molar-refractivity contribution in [2.24, 2.45) is 0 Å². The van der Waals surface area contributed by atoms with Gasteiger partial charge in [0.1, 0.15) is 0 Å². The molecule has 0 nitrogen and oxygen atoms in total. The molecule has 0 radical (unpaired) electrons. The summed E-state index contributed by atoms with van der Waals surface area (Å²) in [5.41, 5.74) is 6.78. The predicted molar refractivity (Wildman–Crippen MR) is 103 cm³/mol. The zero-order valence-corrected chi connectivity index (χ0v) is 13.2. The normalized spacial score (nSPS) is 14.5. The molecule has 1 aliphatic carbocycles. The molecular formula is C24H16. The summed E-state index contributed by atoms with van der Waals surface area (Å²) in [6.45, 7) is 0. The van der Waals surface area contributed by atoms with Crippen LogP contribution in [0.2, 0.25) is 0 Å². The van der Waals surface area contributed by atoms with E-state index in [0.29, 0.717) is 0 Å². The van der Waals surface area contributed by atoms with E-state index >= 15 is 0 Å². The monoisotopic (exact) mass is 304 g/mol. The lowest BCUT2D eigenvalue weighted by atomic mass is 10.00. The zero-order chi connectivity index (χ0) is 16.2. The molecule has 3 aromatic carbocycles. The molecule has 0 bridgehead atoms. The number of rotatable bonds is 0. The van der Waals surface area contributed by atoms with Crippen LogP contribution in [0.3, 0.4) is 0 Å². The maximum atomic E-state index is 3.33. The van der Waals surface area contributed by atoms with E-state index in [-0.39, 0.29) is 0 Å². The molecule has 0 aliphatic heterocycles. The highest BCUT2D eigenvalue weighted by Gasteiger charge is 2.01. The Bertz CT molecular complexity index is 927. The van der Waals surface area contributed by atoms with Gasteiger partial charge in [-0.2, -0.15) is 0 Å². The first-order chi connectivity index (χ1) is 11.9. The van der Waals surface area contributed by atoms with E-state index in [4.69, 9.17) is 0 Å². The lowest BCUT2D eigenvalue weighted by Crippen LogP contribution is -1.86. The van der Waals surface area contributed by atoms with Gasteiger partial charge in [-0.3, -0.25) is 0 Å². The summed E-state index contributed by atoms with van der Waals surface area (Å²) in [4.78, 5) is 0. The van der Waals surface area contributed by atoms with Gasteiger partial charge in [-0.15, -0.1) is 0 Å². The van der Waals surface area contributed by atoms with Crippen LogP contribution in [0.5, 0.6) is 0 Å². The molecule has 0 heteroatoms. The SMILES string of the molecule is C1#Cc2ccccc2/C=C/c2ccccc2/C=C/c2ccccc21. The van der Waals surface area contributed by atoms with Gasteiger partial charge in [0.25, 0.3) is 0 Å². The highest BCUT2D eigenvalue weighted by Crippen LogP contribution is 2.20. The van der Waals surface area contributed by atoms with Crippen LogP contribution in [0.25, 0.3) is 24.3 Å². The average molecular weight is 304 g/mol. The first-order valence-corrected chi connectivity index (χ1v) is 8.05. The third-order valence-corrected chi connectivity index (χ3v) is 4.13. The number of benzene rings is 3. The third-order valence-electron chi connectivity index (χ3n) is 4.13. The molecule has 0 aromatic heterocycles. The Morgan fingerprint density at radius 3 is 1.17 bits per heavy atom. The van der Waals surface area contributed by atoms with Crippen LogP contribution in [-0.4, -0.2) is 0 Å². The summed E-state index contributed by atoms with van der Waals surface area (Å²) in [6.07, 6.45) is 8.61. The Morgan fingerprint density at radius 1 is 0.375 bits per heavy atom. The quantitative estimate of drug-likeness (QED) is 0.363. The van der Waals surface area contributed by atoms with Crippen LogP contribution >= 0.6 is 0 Å². The van der Waals surface area contributed by atoms with Gasteiger partial charge >= 0.3 is 0 Å². The van der Waals surface area contributed by atoms with Crippen molar-refractivity contribution in [2.45, 2.75) is 0 Å². The fourth-order valence-electron chi connectivity index (χ4n) is 2.82. The number of hydrogen-bond acceptors (Lipinski definition) is 0. The molecule has 0 amide bonds. The van der Waals surface area contributed by atoms with Crippen LogP contribution in [0.4, 0.5) is 0 Å². The smallest absolute Gasteiger partial charge is 0.0321 e. The average Bonchev–Trinajstić information content (AvgIpc) is 2.64. The van der Waals surface area contributed by atoms with Crippen molar-refractivity contribution in [1.29, 1.82) is 0 Å². The Kier molecular flexibility index (Phi) is 3.84. The molecule has 0 atom stereocenters. The molecule has 112 valence electrons. The lowest BCUT2D eigenvalue weighted by molar-refractivity contribution is 1.57. The van der Waals surface area contributed by atoms with E-state index in [2.05, 4.69) is 96.8 Å². The van der Waals surface area contributed by atoms with Gasteiger partial charge in [0.2, 0.25) is 0 Å². The summed E-state index contributed by atoms with van der Waals surface area (Å²) in [7, 11) is 0. The fourth-order valence-corrected chi connectivity index (χ4v) is 2.82. The lowest BCUT2D eigenvalue weighted by Gasteiger charge is -2.04. The van der Waals surface area contributed by atoms with E-state index in [9.17, 15) is 0 Å².